The first kappa shape index (κ1) is 25.8. The summed E-state index contributed by atoms with van der Waals surface area (Å²) in [5, 5.41) is -0.448. The Morgan fingerprint density at radius 1 is 1.14 bits per heavy atom. The molecule has 0 saturated carbocycles. The number of alkyl halides is 3. The predicted octanol–water partition coefficient (Wildman–Crippen LogP) is 3.62. The number of hydrogen-bond acceptors (Lipinski definition) is 4. The average molecular weight is 516 g/mol. The Bertz CT molecular complexity index is 981. The second-order valence-corrected chi connectivity index (χ2v) is 9.92. The van der Waals surface area contributed by atoms with Crippen LogP contribution < -0.4 is 0 Å². The van der Waals surface area contributed by atoms with E-state index in [1.165, 1.54) is 12.1 Å². The van der Waals surface area contributed by atoms with E-state index in [9.17, 15) is 27.6 Å². The molecule has 3 amide bonds. The fourth-order valence-electron chi connectivity index (χ4n) is 5.22. The third-order valence-electron chi connectivity index (χ3n) is 7.28. The molecule has 1 aromatic rings. The van der Waals surface area contributed by atoms with Gasteiger partial charge in [-0.15, -0.1) is 0 Å². The SMILES string of the molecule is CN(C(=O)Cc1cccc(C(F)(F)F)c1Cl)C1CCN(C(=O)N2CC[C@@H]3OCC(=O)C[C@@H]3C2)CC1. The van der Waals surface area contributed by atoms with Crippen LogP contribution in [-0.2, 0) is 26.9 Å². The number of hydrogen-bond donors (Lipinski definition) is 0. The lowest BCUT2D eigenvalue weighted by atomic mass is 9.88. The van der Waals surface area contributed by atoms with Crippen LogP contribution in [-0.4, -0.2) is 84.4 Å². The molecule has 0 spiro atoms. The Balaban J connectivity index is 1.29. The zero-order valence-electron chi connectivity index (χ0n) is 19.5. The number of benzene rings is 1. The second-order valence-electron chi connectivity index (χ2n) is 9.55. The average Bonchev–Trinajstić information content (AvgIpc) is 2.83. The number of nitrogens with zero attached hydrogens (tertiary/aromatic N) is 3. The summed E-state index contributed by atoms with van der Waals surface area (Å²) in [6, 6.07) is 3.39. The van der Waals surface area contributed by atoms with Crippen molar-refractivity contribution in [2.75, 3.05) is 39.8 Å². The van der Waals surface area contributed by atoms with E-state index in [4.69, 9.17) is 16.3 Å². The van der Waals surface area contributed by atoms with Crippen molar-refractivity contribution in [1.29, 1.82) is 0 Å². The number of likely N-dealkylation sites (tertiary alicyclic amines) is 2. The molecule has 35 heavy (non-hydrogen) atoms. The van der Waals surface area contributed by atoms with Gasteiger partial charge in [-0.1, -0.05) is 23.7 Å². The van der Waals surface area contributed by atoms with Gasteiger partial charge in [-0.2, -0.15) is 13.2 Å². The van der Waals surface area contributed by atoms with Crippen LogP contribution in [0.4, 0.5) is 18.0 Å². The standard InChI is InChI=1S/C24H29ClF3N3O4/c1-29(21(33)12-15-3-2-4-19(22(15)25)24(26,27)28)17-5-8-30(9-6-17)23(34)31-10-7-20-16(13-31)11-18(32)14-35-20/h2-4,16-17,20H,5-14H2,1H3/t16-,20+/m1/s1. The summed E-state index contributed by atoms with van der Waals surface area (Å²) >= 11 is 5.94. The van der Waals surface area contributed by atoms with Gasteiger partial charge in [0.25, 0.3) is 0 Å². The Hall–Kier alpha value is -2.33. The topological polar surface area (TPSA) is 70.2 Å². The molecule has 1 aromatic carbocycles. The normalized spacial score (nSPS) is 23.7. The summed E-state index contributed by atoms with van der Waals surface area (Å²) in [7, 11) is 1.64. The molecule has 11 heteroatoms. The molecule has 0 aliphatic carbocycles. The molecular formula is C24H29ClF3N3O4. The van der Waals surface area contributed by atoms with Gasteiger partial charge in [-0.05, 0) is 30.9 Å². The number of fused-ring (bicyclic) bond motifs is 1. The highest BCUT2D eigenvalue weighted by Gasteiger charge is 2.39. The van der Waals surface area contributed by atoms with Crippen molar-refractivity contribution in [3.8, 4) is 0 Å². The van der Waals surface area contributed by atoms with Crippen molar-refractivity contribution in [3.05, 3.63) is 34.3 Å². The van der Waals surface area contributed by atoms with Gasteiger partial charge in [0.2, 0.25) is 5.91 Å². The number of piperidine rings is 2. The zero-order valence-corrected chi connectivity index (χ0v) is 20.3. The molecule has 4 rings (SSSR count). The van der Waals surface area contributed by atoms with Crippen molar-refractivity contribution in [1.82, 2.24) is 14.7 Å². The van der Waals surface area contributed by atoms with E-state index in [1.54, 1.807) is 21.7 Å². The molecule has 0 radical (unpaired) electrons. The van der Waals surface area contributed by atoms with E-state index in [-0.39, 0.29) is 54.4 Å². The molecule has 0 unspecified atom stereocenters. The van der Waals surface area contributed by atoms with Crippen molar-refractivity contribution < 1.29 is 32.3 Å². The van der Waals surface area contributed by atoms with E-state index in [1.807, 2.05) is 0 Å². The lowest BCUT2D eigenvalue weighted by Gasteiger charge is -2.43. The highest BCUT2D eigenvalue weighted by Crippen LogP contribution is 2.36. The van der Waals surface area contributed by atoms with E-state index < -0.39 is 16.8 Å². The van der Waals surface area contributed by atoms with Crippen molar-refractivity contribution >= 4 is 29.3 Å². The van der Waals surface area contributed by atoms with Crippen LogP contribution in [0.15, 0.2) is 18.2 Å². The summed E-state index contributed by atoms with van der Waals surface area (Å²) in [5.41, 5.74) is -0.813. The molecule has 0 aromatic heterocycles. The van der Waals surface area contributed by atoms with Crippen LogP contribution in [0.25, 0.3) is 0 Å². The molecule has 2 atom stereocenters. The van der Waals surface area contributed by atoms with E-state index in [2.05, 4.69) is 0 Å². The predicted molar refractivity (Wildman–Crippen MR) is 122 cm³/mol. The third-order valence-corrected chi connectivity index (χ3v) is 7.73. The van der Waals surface area contributed by atoms with Gasteiger partial charge >= 0.3 is 12.2 Å². The molecule has 3 aliphatic heterocycles. The van der Waals surface area contributed by atoms with Gasteiger partial charge in [-0.25, -0.2) is 4.79 Å². The summed E-state index contributed by atoms with van der Waals surface area (Å²) in [6.45, 7) is 2.21. The molecule has 3 saturated heterocycles. The first-order chi connectivity index (χ1) is 16.5. The maximum absolute atomic E-state index is 13.1. The van der Waals surface area contributed by atoms with Gasteiger partial charge in [0.05, 0.1) is 23.1 Å². The highest BCUT2D eigenvalue weighted by molar-refractivity contribution is 6.32. The van der Waals surface area contributed by atoms with E-state index in [0.717, 1.165) is 12.5 Å². The lowest BCUT2D eigenvalue weighted by Crippen LogP contribution is -2.55. The van der Waals surface area contributed by atoms with Crippen molar-refractivity contribution in [2.45, 2.75) is 50.4 Å². The van der Waals surface area contributed by atoms with E-state index in [0.29, 0.717) is 45.4 Å². The minimum atomic E-state index is -4.59. The van der Waals surface area contributed by atoms with Gasteiger partial charge in [-0.3, -0.25) is 9.59 Å². The number of halogens is 4. The smallest absolute Gasteiger partial charge is 0.370 e. The molecule has 7 nitrogen and oxygen atoms in total. The quantitative estimate of drug-likeness (QED) is 0.616. The number of ether oxygens (including phenoxy) is 1. The van der Waals surface area contributed by atoms with Crippen LogP contribution in [0.2, 0.25) is 5.02 Å². The van der Waals surface area contributed by atoms with Crippen LogP contribution in [0, 0.1) is 5.92 Å². The molecular weight excluding hydrogens is 487 g/mol. The molecule has 192 valence electrons. The number of carbonyl (C=O) groups is 3. The van der Waals surface area contributed by atoms with Gasteiger partial charge in [0.15, 0.2) is 5.78 Å². The Kier molecular flexibility index (Phi) is 7.61. The van der Waals surface area contributed by atoms with Crippen LogP contribution in [0.3, 0.4) is 0 Å². The summed E-state index contributed by atoms with van der Waals surface area (Å²) in [4.78, 5) is 42.7. The molecule has 0 N–H and O–H groups in total. The second kappa shape index (κ2) is 10.3. The maximum Gasteiger partial charge on any atom is 0.417 e. The lowest BCUT2D eigenvalue weighted by molar-refractivity contribution is -0.140. The first-order valence-corrected chi connectivity index (χ1v) is 12.2. The third kappa shape index (κ3) is 5.74. The van der Waals surface area contributed by atoms with Crippen LogP contribution >= 0.6 is 11.6 Å². The number of ketones is 1. The summed E-state index contributed by atoms with van der Waals surface area (Å²) in [5.74, 6) is -0.210. The first-order valence-electron chi connectivity index (χ1n) is 11.8. The number of carbonyl (C=O) groups excluding carboxylic acids is 3. The number of amides is 3. The van der Waals surface area contributed by atoms with Crippen molar-refractivity contribution in [3.63, 3.8) is 0 Å². The monoisotopic (exact) mass is 515 g/mol. The summed E-state index contributed by atoms with van der Waals surface area (Å²) in [6.07, 6.45) is -2.47. The largest absolute Gasteiger partial charge is 0.417 e. The minimum Gasteiger partial charge on any atom is -0.370 e. The molecule has 3 aliphatic rings. The van der Waals surface area contributed by atoms with Crippen molar-refractivity contribution in [2.24, 2.45) is 5.92 Å². The zero-order chi connectivity index (χ0) is 25.3. The fourth-order valence-corrected chi connectivity index (χ4v) is 5.52. The van der Waals surface area contributed by atoms with Gasteiger partial charge < -0.3 is 19.4 Å². The van der Waals surface area contributed by atoms with Crippen LogP contribution in [0.1, 0.15) is 36.8 Å². The number of Topliss-reactive ketones (excluding diaryl/α,β-unsaturated/α-hetero) is 1. The summed E-state index contributed by atoms with van der Waals surface area (Å²) < 4.78 is 44.9. The number of urea groups is 1. The fraction of sp³-hybridized carbons (Fsp3) is 0.625. The molecule has 3 heterocycles. The highest BCUT2D eigenvalue weighted by atomic mass is 35.5. The minimum absolute atomic E-state index is 0.0347. The molecule has 3 fully saturated rings. The van der Waals surface area contributed by atoms with Crippen LogP contribution in [0.5, 0.6) is 0 Å². The van der Waals surface area contributed by atoms with E-state index >= 15 is 0 Å². The van der Waals surface area contributed by atoms with Gasteiger partial charge in [0, 0.05) is 51.6 Å². The number of rotatable bonds is 3. The Morgan fingerprint density at radius 3 is 2.51 bits per heavy atom. The Morgan fingerprint density at radius 2 is 1.83 bits per heavy atom. The molecule has 0 bridgehead atoms. The Labute approximate surface area is 207 Å². The maximum atomic E-state index is 13.1. The van der Waals surface area contributed by atoms with Gasteiger partial charge in [0.1, 0.15) is 6.61 Å². The number of likely N-dealkylation sites (N-methyl/N-ethyl adjacent to an activating group) is 1.